The van der Waals surface area contributed by atoms with Crippen molar-refractivity contribution >= 4 is 18.3 Å². The molecular weight excluding hydrogens is 304 g/mol. The predicted octanol–water partition coefficient (Wildman–Crippen LogP) is 2.50. The van der Waals surface area contributed by atoms with Crippen molar-refractivity contribution in [3.05, 3.63) is 29.7 Å². The first-order valence-corrected chi connectivity index (χ1v) is 7.12. The molecule has 2 aromatic heterocycles. The molecule has 2 rings (SSSR count). The summed E-state index contributed by atoms with van der Waals surface area (Å²) in [7, 11) is 0. The highest BCUT2D eigenvalue weighted by Gasteiger charge is 2.17. The van der Waals surface area contributed by atoms with Crippen LogP contribution < -0.4 is 11.1 Å². The second-order valence-electron chi connectivity index (χ2n) is 5.61. The number of nitrogens with one attached hydrogen (secondary N) is 2. The Balaban J connectivity index is 0.00000242. The zero-order valence-electron chi connectivity index (χ0n) is 13.1. The number of nitrogens with two attached hydrogens (primary N) is 1. The van der Waals surface area contributed by atoms with Crippen LogP contribution in [0.3, 0.4) is 0 Å². The monoisotopic (exact) mass is 326 g/mol. The molecule has 0 fully saturated rings. The highest BCUT2D eigenvalue weighted by molar-refractivity contribution is 5.93. The third-order valence-corrected chi connectivity index (χ3v) is 3.19. The first-order chi connectivity index (χ1) is 9.99. The molecule has 2 heterocycles. The van der Waals surface area contributed by atoms with Crippen LogP contribution in [-0.4, -0.2) is 28.7 Å². The van der Waals surface area contributed by atoms with Crippen LogP contribution in [0.25, 0.3) is 11.5 Å². The Labute approximate surface area is 136 Å². The van der Waals surface area contributed by atoms with E-state index in [9.17, 15) is 4.79 Å². The fourth-order valence-electron chi connectivity index (χ4n) is 2.19. The first kappa shape index (κ1) is 18.3. The van der Waals surface area contributed by atoms with Gasteiger partial charge in [0.2, 0.25) is 0 Å². The van der Waals surface area contributed by atoms with Gasteiger partial charge in [-0.05, 0) is 31.4 Å². The average molecular weight is 327 g/mol. The number of hydrogen-bond donors (Lipinski definition) is 3. The van der Waals surface area contributed by atoms with Crippen LogP contribution in [0, 0.1) is 12.8 Å². The van der Waals surface area contributed by atoms with E-state index in [-0.39, 0.29) is 24.4 Å². The fraction of sp³-hybridized carbons (Fsp3) is 0.467. The van der Waals surface area contributed by atoms with E-state index in [1.807, 2.05) is 19.1 Å². The van der Waals surface area contributed by atoms with Crippen molar-refractivity contribution in [2.24, 2.45) is 11.7 Å². The number of H-pyrrole nitrogens is 1. The second-order valence-corrected chi connectivity index (χ2v) is 5.61. The number of halogens is 1. The topological polar surface area (TPSA) is 96.9 Å². The van der Waals surface area contributed by atoms with Crippen LogP contribution in [0.15, 0.2) is 22.6 Å². The zero-order valence-corrected chi connectivity index (χ0v) is 13.9. The van der Waals surface area contributed by atoms with Gasteiger partial charge in [0.15, 0.2) is 11.5 Å². The number of aromatic nitrogens is 2. The minimum atomic E-state index is -0.225. The second kappa shape index (κ2) is 8.00. The quantitative estimate of drug-likeness (QED) is 0.759. The number of amides is 1. The van der Waals surface area contributed by atoms with Crippen molar-refractivity contribution in [1.82, 2.24) is 15.5 Å². The lowest BCUT2D eigenvalue weighted by molar-refractivity contribution is 0.0928. The summed E-state index contributed by atoms with van der Waals surface area (Å²) < 4.78 is 5.49. The smallest absolute Gasteiger partial charge is 0.272 e. The van der Waals surface area contributed by atoms with Gasteiger partial charge < -0.3 is 15.5 Å². The summed E-state index contributed by atoms with van der Waals surface area (Å²) in [5.41, 5.74) is 6.70. The van der Waals surface area contributed by atoms with E-state index in [4.69, 9.17) is 10.2 Å². The number of aromatic amines is 1. The lowest BCUT2D eigenvalue weighted by Crippen LogP contribution is -2.41. The number of aryl methyl sites for hydroxylation is 1. The SMILES string of the molecule is Cc1ccc(-c2cc(C(=O)NC(CN)CC(C)C)n[nH]2)o1.Cl. The van der Waals surface area contributed by atoms with Crippen LogP contribution in [0.2, 0.25) is 0 Å². The van der Waals surface area contributed by atoms with E-state index in [1.165, 1.54) is 0 Å². The van der Waals surface area contributed by atoms with Gasteiger partial charge in [0.05, 0.1) is 0 Å². The van der Waals surface area contributed by atoms with E-state index >= 15 is 0 Å². The third kappa shape index (κ3) is 4.61. The molecule has 2 aromatic rings. The predicted molar refractivity (Wildman–Crippen MR) is 88.0 cm³/mol. The fourth-order valence-corrected chi connectivity index (χ4v) is 2.19. The number of nitrogens with zero attached hydrogens (tertiary/aromatic N) is 1. The largest absolute Gasteiger partial charge is 0.460 e. The Morgan fingerprint density at radius 3 is 2.73 bits per heavy atom. The van der Waals surface area contributed by atoms with Crippen molar-refractivity contribution in [2.75, 3.05) is 6.54 Å². The Hall–Kier alpha value is -1.79. The molecule has 1 amide bonds. The van der Waals surface area contributed by atoms with Gasteiger partial charge in [-0.25, -0.2) is 0 Å². The van der Waals surface area contributed by atoms with Crippen LogP contribution in [0.1, 0.15) is 36.5 Å². The summed E-state index contributed by atoms with van der Waals surface area (Å²) in [6, 6.07) is 5.34. The summed E-state index contributed by atoms with van der Waals surface area (Å²) >= 11 is 0. The Morgan fingerprint density at radius 1 is 1.45 bits per heavy atom. The van der Waals surface area contributed by atoms with E-state index in [1.54, 1.807) is 6.07 Å². The van der Waals surface area contributed by atoms with Gasteiger partial charge in [0.25, 0.3) is 5.91 Å². The van der Waals surface area contributed by atoms with Crippen LogP contribution >= 0.6 is 12.4 Å². The molecule has 0 aliphatic rings. The van der Waals surface area contributed by atoms with Crippen molar-refractivity contribution in [2.45, 2.75) is 33.2 Å². The maximum absolute atomic E-state index is 12.2. The van der Waals surface area contributed by atoms with E-state index in [0.29, 0.717) is 29.6 Å². The molecule has 1 unspecified atom stereocenters. The maximum atomic E-state index is 12.2. The molecule has 7 heteroatoms. The van der Waals surface area contributed by atoms with Gasteiger partial charge in [-0.3, -0.25) is 9.89 Å². The minimum Gasteiger partial charge on any atom is -0.460 e. The summed E-state index contributed by atoms with van der Waals surface area (Å²) in [5.74, 6) is 1.72. The van der Waals surface area contributed by atoms with Gasteiger partial charge in [-0.1, -0.05) is 13.8 Å². The van der Waals surface area contributed by atoms with Crippen LogP contribution in [0.4, 0.5) is 0 Å². The maximum Gasteiger partial charge on any atom is 0.272 e. The number of hydrogen-bond acceptors (Lipinski definition) is 4. The van der Waals surface area contributed by atoms with Gasteiger partial charge in [-0.2, -0.15) is 5.10 Å². The standard InChI is InChI=1S/C15H22N4O2.ClH/c1-9(2)6-11(8-16)17-15(20)13-7-12(18-19-13)14-5-4-10(3)21-14;/h4-5,7,9,11H,6,8,16H2,1-3H3,(H,17,20)(H,18,19);1H. The van der Waals surface area contributed by atoms with Gasteiger partial charge in [0, 0.05) is 18.7 Å². The Bertz CT molecular complexity index is 606. The molecule has 0 saturated carbocycles. The van der Waals surface area contributed by atoms with Crippen molar-refractivity contribution in [3.8, 4) is 11.5 Å². The summed E-state index contributed by atoms with van der Waals surface area (Å²) in [4.78, 5) is 12.2. The van der Waals surface area contributed by atoms with Crippen molar-refractivity contribution in [3.63, 3.8) is 0 Å². The molecule has 22 heavy (non-hydrogen) atoms. The highest BCUT2D eigenvalue weighted by atomic mass is 35.5. The molecule has 0 aliphatic heterocycles. The van der Waals surface area contributed by atoms with Crippen molar-refractivity contribution in [1.29, 1.82) is 0 Å². The molecule has 0 aromatic carbocycles. The first-order valence-electron chi connectivity index (χ1n) is 7.12. The molecule has 0 spiro atoms. The molecule has 0 saturated heterocycles. The zero-order chi connectivity index (χ0) is 15.4. The Morgan fingerprint density at radius 2 is 2.18 bits per heavy atom. The molecule has 6 nitrogen and oxygen atoms in total. The molecule has 0 radical (unpaired) electrons. The molecular formula is C15H23ClN4O2. The Kier molecular flexibility index (Phi) is 6.64. The van der Waals surface area contributed by atoms with Gasteiger partial charge in [-0.15, -0.1) is 12.4 Å². The molecule has 0 bridgehead atoms. The van der Waals surface area contributed by atoms with Gasteiger partial charge >= 0.3 is 0 Å². The van der Waals surface area contributed by atoms with E-state index < -0.39 is 0 Å². The molecule has 4 N–H and O–H groups in total. The van der Waals surface area contributed by atoms with Gasteiger partial charge in [0.1, 0.15) is 11.5 Å². The summed E-state index contributed by atoms with van der Waals surface area (Å²) in [5, 5.41) is 9.75. The number of rotatable bonds is 6. The number of carbonyl (C=O) groups excluding carboxylic acids is 1. The van der Waals surface area contributed by atoms with E-state index in [0.717, 1.165) is 12.2 Å². The lowest BCUT2D eigenvalue weighted by atomic mass is 10.0. The van der Waals surface area contributed by atoms with Crippen LogP contribution in [0.5, 0.6) is 0 Å². The highest BCUT2D eigenvalue weighted by Crippen LogP contribution is 2.20. The average Bonchev–Trinajstić information content (AvgIpc) is 3.05. The molecule has 1 atom stereocenters. The minimum absolute atomic E-state index is 0. The lowest BCUT2D eigenvalue weighted by Gasteiger charge is -2.17. The number of furan rings is 1. The molecule has 0 aliphatic carbocycles. The normalized spacial score (nSPS) is 12.0. The van der Waals surface area contributed by atoms with Crippen molar-refractivity contribution < 1.29 is 9.21 Å². The third-order valence-electron chi connectivity index (χ3n) is 3.19. The summed E-state index contributed by atoms with van der Waals surface area (Å²) in [6.45, 7) is 6.48. The van der Waals surface area contributed by atoms with E-state index in [2.05, 4.69) is 29.4 Å². The number of carbonyl (C=O) groups is 1. The summed E-state index contributed by atoms with van der Waals surface area (Å²) in [6.07, 6.45) is 0.844. The van der Waals surface area contributed by atoms with Crippen LogP contribution in [-0.2, 0) is 0 Å². The molecule has 122 valence electrons.